The predicted octanol–water partition coefficient (Wildman–Crippen LogP) is 23.9. The highest BCUT2D eigenvalue weighted by molar-refractivity contribution is 5.71. The van der Waals surface area contributed by atoms with Crippen molar-refractivity contribution >= 4 is 17.9 Å². The first-order chi connectivity index (χ1) is 39.0. The minimum Gasteiger partial charge on any atom is -0.462 e. The summed E-state index contributed by atoms with van der Waals surface area (Å²) in [4.78, 5) is 38.4. The van der Waals surface area contributed by atoms with Crippen LogP contribution in [-0.4, -0.2) is 37.2 Å². The van der Waals surface area contributed by atoms with E-state index in [1.807, 2.05) is 0 Å². The molecule has 6 nitrogen and oxygen atoms in total. The van der Waals surface area contributed by atoms with E-state index in [4.69, 9.17) is 14.2 Å². The van der Waals surface area contributed by atoms with Crippen LogP contribution < -0.4 is 0 Å². The lowest BCUT2D eigenvalue weighted by atomic mass is 10.0. The summed E-state index contributed by atoms with van der Waals surface area (Å²) in [7, 11) is 0. The number of rotatable bonds is 64. The molecule has 460 valence electrons. The maximum atomic E-state index is 12.9. The summed E-state index contributed by atoms with van der Waals surface area (Å²) >= 11 is 0. The zero-order valence-corrected chi connectivity index (χ0v) is 52.9. The summed E-state index contributed by atoms with van der Waals surface area (Å²) in [5.74, 6) is -0.860. The van der Waals surface area contributed by atoms with Crippen molar-refractivity contribution in [2.24, 2.45) is 0 Å². The molecule has 0 N–H and O–H groups in total. The van der Waals surface area contributed by atoms with E-state index in [1.165, 1.54) is 244 Å². The average molecular weight is 1110 g/mol. The van der Waals surface area contributed by atoms with Gasteiger partial charge < -0.3 is 14.2 Å². The highest BCUT2D eigenvalue weighted by Gasteiger charge is 2.19. The van der Waals surface area contributed by atoms with Gasteiger partial charge in [-0.3, -0.25) is 14.4 Å². The Balaban J connectivity index is 4.29. The Morgan fingerprint density at radius 2 is 0.456 bits per heavy atom. The molecule has 0 radical (unpaired) electrons. The number of allylic oxidation sites excluding steroid dienone is 10. The molecule has 0 spiro atoms. The first-order valence-electron chi connectivity index (χ1n) is 34.8. The van der Waals surface area contributed by atoms with Gasteiger partial charge in [0.1, 0.15) is 13.2 Å². The quantitative estimate of drug-likeness (QED) is 0.0261. The molecule has 0 aromatic rings. The van der Waals surface area contributed by atoms with Crippen LogP contribution >= 0.6 is 0 Å². The van der Waals surface area contributed by atoms with E-state index in [2.05, 4.69) is 81.5 Å². The van der Waals surface area contributed by atoms with Crippen LogP contribution in [0.1, 0.15) is 367 Å². The third-order valence-electron chi connectivity index (χ3n) is 15.5. The van der Waals surface area contributed by atoms with Gasteiger partial charge in [0.15, 0.2) is 6.10 Å². The molecule has 1 atom stereocenters. The fourth-order valence-corrected chi connectivity index (χ4v) is 10.2. The number of hydrogen-bond donors (Lipinski definition) is 0. The largest absolute Gasteiger partial charge is 0.462 e. The van der Waals surface area contributed by atoms with E-state index in [9.17, 15) is 14.4 Å². The van der Waals surface area contributed by atoms with Crippen LogP contribution in [0.25, 0.3) is 0 Å². The molecule has 0 heterocycles. The smallest absolute Gasteiger partial charge is 0.306 e. The summed E-state index contributed by atoms with van der Waals surface area (Å²) in [5.41, 5.74) is 0. The van der Waals surface area contributed by atoms with Gasteiger partial charge in [0.05, 0.1) is 0 Å². The monoisotopic (exact) mass is 1110 g/mol. The van der Waals surface area contributed by atoms with Gasteiger partial charge in [0.2, 0.25) is 0 Å². The highest BCUT2D eigenvalue weighted by Crippen LogP contribution is 2.18. The number of carbonyl (C=O) groups is 3. The van der Waals surface area contributed by atoms with Crippen LogP contribution in [0.4, 0.5) is 0 Å². The molecule has 0 aromatic carbocycles. The van der Waals surface area contributed by atoms with Gasteiger partial charge >= 0.3 is 17.9 Å². The van der Waals surface area contributed by atoms with Gasteiger partial charge in [-0.15, -0.1) is 0 Å². The van der Waals surface area contributed by atoms with Crippen molar-refractivity contribution in [3.05, 3.63) is 60.8 Å². The minimum absolute atomic E-state index is 0.0738. The highest BCUT2D eigenvalue weighted by atomic mass is 16.6. The number of carbonyl (C=O) groups excluding carboxylic acids is 3. The maximum Gasteiger partial charge on any atom is 0.306 e. The van der Waals surface area contributed by atoms with E-state index in [0.717, 1.165) is 83.5 Å². The van der Waals surface area contributed by atoms with Crippen LogP contribution in [0.5, 0.6) is 0 Å². The van der Waals surface area contributed by atoms with Crippen LogP contribution in [0.2, 0.25) is 0 Å². The molecule has 0 aliphatic rings. The van der Waals surface area contributed by atoms with Crippen LogP contribution in [-0.2, 0) is 28.6 Å². The van der Waals surface area contributed by atoms with E-state index in [1.54, 1.807) is 0 Å². The number of ether oxygens (including phenoxy) is 3. The Morgan fingerprint density at radius 3 is 0.734 bits per heavy atom. The van der Waals surface area contributed by atoms with Crippen molar-refractivity contribution in [1.82, 2.24) is 0 Å². The number of esters is 3. The summed E-state index contributed by atoms with van der Waals surface area (Å²) < 4.78 is 17.0. The van der Waals surface area contributed by atoms with Gasteiger partial charge in [0, 0.05) is 19.3 Å². The van der Waals surface area contributed by atoms with E-state index in [0.29, 0.717) is 19.3 Å². The lowest BCUT2D eigenvalue weighted by Crippen LogP contribution is -2.30. The first kappa shape index (κ1) is 76.1. The SMILES string of the molecule is CCCCC/C=C\C/C=C\CCCCCCCCCC(=O)OC(COC(=O)CCCCCCCCCCCCCC/C=C\C/C=C\C/C=C\CCCCCCC)COC(=O)CCCCCCCCCCCCCCCCCCC. The van der Waals surface area contributed by atoms with E-state index in [-0.39, 0.29) is 31.1 Å². The Labute approximate surface area is 491 Å². The lowest BCUT2D eigenvalue weighted by Gasteiger charge is -2.18. The fourth-order valence-electron chi connectivity index (χ4n) is 10.2. The van der Waals surface area contributed by atoms with Gasteiger partial charge in [-0.2, -0.15) is 0 Å². The molecule has 0 amide bonds. The van der Waals surface area contributed by atoms with Gasteiger partial charge in [-0.05, 0) is 89.9 Å². The molecular formula is C73H132O6. The van der Waals surface area contributed by atoms with Gasteiger partial charge in [-0.1, -0.05) is 319 Å². The topological polar surface area (TPSA) is 78.9 Å². The summed E-state index contributed by atoms with van der Waals surface area (Å²) in [6.07, 6.45) is 86.6. The molecule has 79 heavy (non-hydrogen) atoms. The Morgan fingerprint density at radius 1 is 0.253 bits per heavy atom. The molecule has 0 aliphatic heterocycles. The molecule has 0 saturated heterocycles. The predicted molar refractivity (Wildman–Crippen MR) is 344 cm³/mol. The summed E-state index contributed by atoms with van der Waals surface area (Å²) in [5, 5.41) is 0. The van der Waals surface area contributed by atoms with Crippen LogP contribution in [0.15, 0.2) is 60.8 Å². The maximum absolute atomic E-state index is 12.9. The van der Waals surface area contributed by atoms with Crippen LogP contribution in [0, 0.1) is 0 Å². The van der Waals surface area contributed by atoms with Crippen LogP contribution in [0.3, 0.4) is 0 Å². The lowest BCUT2D eigenvalue weighted by molar-refractivity contribution is -0.167. The zero-order chi connectivity index (χ0) is 57.1. The summed E-state index contributed by atoms with van der Waals surface area (Å²) in [6.45, 7) is 6.66. The zero-order valence-electron chi connectivity index (χ0n) is 52.9. The van der Waals surface area contributed by atoms with E-state index >= 15 is 0 Å². The van der Waals surface area contributed by atoms with Crippen molar-refractivity contribution in [1.29, 1.82) is 0 Å². The molecule has 0 saturated carbocycles. The van der Waals surface area contributed by atoms with Crippen molar-refractivity contribution in [2.75, 3.05) is 13.2 Å². The minimum atomic E-state index is -0.779. The number of hydrogen-bond acceptors (Lipinski definition) is 6. The van der Waals surface area contributed by atoms with Crippen molar-refractivity contribution in [2.45, 2.75) is 374 Å². The summed E-state index contributed by atoms with van der Waals surface area (Å²) in [6, 6.07) is 0. The molecule has 1 unspecified atom stereocenters. The molecule has 0 aliphatic carbocycles. The van der Waals surface area contributed by atoms with Gasteiger partial charge in [-0.25, -0.2) is 0 Å². The normalized spacial score (nSPS) is 12.4. The third-order valence-corrected chi connectivity index (χ3v) is 15.5. The number of unbranched alkanes of at least 4 members (excludes halogenated alkanes) is 43. The molecule has 0 aromatic heterocycles. The van der Waals surface area contributed by atoms with E-state index < -0.39 is 6.10 Å². The second-order valence-electron chi connectivity index (χ2n) is 23.4. The Hall–Kier alpha value is -2.89. The molecule has 6 heteroatoms. The second kappa shape index (κ2) is 67.6. The third kappa shape index (κ3) is 65.8. The molecule has 0 fully saturated rings. The second-order valence-corrected chi connectivity index (χ2v) is 23.4. The van der Waals surface area contributed by atoms with Crippen molar-refractivity contribution < 1.29 is 28.6 Å². The Bertz CT molecular complexity index is 1410. The molecule has 0 rings (SSSR count). The van der Waals surface area contributed by atoms with Gasteiger partial charge in [0.25, 0.3) is 0 Å². The fraction of sp³-hybridized carbons (Fsp3) is 0.822. The Kier molecular flexibility index (Phi) is 65.1. The first-order valence-corrected chi connectivity index (χ1v) is 34.8. The standard InChI is InChI=1S/C73H132O6/c1-4-7-10-13-16-19-22-25-28-31-32-33-34-35-36-37-38-39-40-43-45-48-51-54-57-60-63-66-72(75)78-69-70(79-73(76)67-64-61-58-55-52-49-46-42-30-27-24-21-18-15-12-9-6-3)68-77-71(74)65-62-59-56-53-50-47-44-41-29-26-23-20-17-14-11-8-5-2/h18,21-22,25,27,30-32,34-35,70H,4-17,19-20,23-24,26,28-29,33,36-69H2,1-3H3/b21-18-,25-22-,30-27-,32-31-,35-34-. The average Bonchev–Trinajstić information content (AvgIpc) is 3.45. The van der Waals surface area contributed by atoms with Crippen molar-refractivity contribution in [3.63, 3.8) is 0 Å². The van der Waals surface area contributed by atoms with Crippen molar-refractivity contribution in [3.8, 4) is 0 Å². The molecule has 0 bridgehead atoms. The molecular weight excluding hydrogens is 973 g/mol.